The molecular formula is C23H16N2O3S. The number of fused-ring (bicyclic) bond motifs is 2. The van der Waals surface area contributed by atoms with E-state index in [9.17, 15) is 9.59 Å². The monoisotopic (exact) mass is 400 g/mol. The highest BCUT2D eigenvalue weighted by Crippen LogP contribution is 2.30. The topological polar surface area (TPSA) is 68.3 Å². The van der Waals surface area contributed by atoms with Gasteiger partial charge in [0.2, 0.25) is 0 Å². The Balaban J connectivity index is 1.31. The summed E-state index contributed by atoms with van der Waals surface area (Å²) in [5, 5.41) is 3.77. The lowest BCUT2D eigenvalue weighted by atomic mass is 9.98. The van der Waals surface area contributed by atoms with Crippen LogP contribution >= 0.6 is 11.3 Å². The van der Waals surface area contributed by atoms with Gasteiger partial charge in [-0.05, 0) is 48.0 Å². The van der Waals surface area contributed by atoms with E-state index < -0.39 is 12.1 Å². The summed E-state index contributed by atoms with van der Waals surface area (Å²) < 4.78 is 6.45. The third kappa shape index (κ3) is 3.39. The van der Waals surface area contributed by atoms with Gasteiger partial charge < -0.3 is 10.1 Å². The number of hydrogen-bond acceptors (Lipinski definition) is 5. The number of carbonyl (C=O) groups is 2. The normalized spacial score (nSPS) is 15.6. The molecule has 142 valence electrons. The summed E-state index contributed by atoms with van der Waals surface area (Å²) >= 11 is 1.63. The maximum atomic E-state index is 12.6. The number of rotatable bonds is 3. The van der Waals surface area contributed by atoms with Crippen LogP contribution in [0.2, 0.25) is 0 Å². The molecule has 5 nitrogen and oxygen atoms in total. The fourth-order valence-corrected chi connectivity index (χ4v) is 4.36. The molecule has 1 N–H and O–H groups in total. The van der Waals surface area contributed by atoms with Crippen molar-refractivity contribution in [1.29, 1.82) is 0 Å². The summed E-state index contributed by atoms with van der Waals surface area (Å²) in [6.45, 7) is 0. The number of cyclic esters (lactones) is 1. The number of ether oxygens (including phenoxy) is 1. The molecule has 0 radical (unpaired) electrons. The van der Waals surface area contributed by atoms with Crippen LogP contribution in [0.3, 0.4) is 0 Å². The van der Waals surface area contributed by atoms with E-state index in [1.807, 2.05) is 54.6 Å². The Morgan fingerprint density at radius 3 is 2.59 bits per heavy atom. The van der Waals surface area contributed by atoms with Crippen LogP contribution < -0.4 is 5.32 Å². The molecule has 4 aromatic rings. The summed E-state index contributed by atoms with van der Waals surface area (Å²) in [5.74, 6) is -0.793. The van der Waals surface area contributed by atoms with Crippen LogP contribution in [0.25, 0.3) is 20.8 Å². The predicted molar refractivity (Wildman–Crippen MR) is 113 cm³/mol. The third-order valence-electron chi connectivity index (χ3n) is 4.88. The molecule has 3 aromatic carbocycles. The van der Waals surface area contributed by atoms with Crippen molar-refractivity contribution in [3.05, 3.63) is 83.9 Å². The molecule has 29 heavy (non-hydrogen) atoms. The number of amides is 1. The van der Waals surface area contributed by atoms with E-state index in [-0.39, 0.29) is 5.91 Å². The number of anilines is 1. The van der Waals surface area contributed by atoms with Crippen molar-refractivity contribution in [3.8, 4) is 10.6 Å². The van der Waals surface area contributed by atoms with Gasteiger partial charge in [-0.1, -0.05) is 30.3 Å². The van der Waals surface area contributed by atoms with Crippen molar-refractivity contribution in [2.24, 2.45) is 0 Å². The number of nitrogens with one attached hydrogen (secondary N) is 1. The molecule has 0 aliphatic carbocycles. The molecular weight excluding hydrogens is 384 g/mol. The van der Waals surface area contributed by atoms with Crippen molar-refractivity contribution >= 4 is 39.1 Å². The fourth-order valence-electron chi connectivity index (χ4n) is 3.39. The second kappa shape index (κ2) is 7.14. The van der Waals surface area contributed by atoms with Gasteiger partial charge in [0.15, 0.2) is 6.10 Å². The Hall–Kier alpha value is -3.51. The molecule has 0 bridgehead atoms. The molecule has 0 fully saturated rings. The quantitative estimate of drug-likeness (QED) is 0.507. The van der Waals surface area contributed by atoms with E-state index in [0.29, 0.717) is 17.7 Å². The summed E-state index contributed by atoms with van der Waals surface area (Å²) in [6.07, 6.45) is -0.460. The highest BCUT2D eigenvalue weighted by atomic mass is 32.1. The molecule has 1 aliphatic heterocycles. The van der Waals surface area contributed by atoms with Gasteiger partial charge in [0.25, 0.3) is 5.91 Å². The highest BCUT2D eigenvalue weighted by Gasteiger charge is 2.31. The highest BCUT2D eigenvalue weighted by molar-refractivity contribution is 7.21. The van der Waals surface area contributed by atoms with Gasteiger partial charge in [-0.15, -0.1) is 11.3 Å². The number of carbonyl (C=O) groups excluding carboxylic acids is 2. The zero-order valence-corrected chi connectivity index (χ0v) is 16.1. The first-order chi connectivity index (χ1) is 14.2. The minimum atomic E-state index is -0.832. The van der Waals surface area contributed by atoms with Crippen LogP contribution in [-0.4, -0.2) is 23.0 Å². The van der Waals surface area contributed by atoms with E-state index in [1.54, 1.807) is 23.5 Å². The van der Waals surface area contributed by atoms with E-state index >= 15 is 0 Å². The van der Waals surface area contributed by atoms with Gasteiger partial charge in [-0.3, -0.25) is 4.79 Å². The second-order valence-corrected chi connectivity index (χ2v) is 7.84. The molecule has 1 amide bonds. The van der Waals surface area contributed by atoms with Gasteiger partial charge >= 0.3 is 5.97 Å². The molecule has 2 heterocycles. The Bertz CT molecular complexity index is 1200. The largest absolute Gasteiger partial charge is 0.448 e. The van der Waals surface area contributed by atoms with Crippen LogP contribution in [0.5, 0.6) is 0 Å². The molecule has 0 unspecified atom stereocenters. The first kappa shape index (κ1) is 17.6. The van der Waals surface area contributed by atoms with Crippen molar-refractivity contribution in [3.63, 3.8) is 0 Å². The van der Waals surface area contributed by atoms with Crippen LogP contribution in [0, 0.1) is 0 Å². The van der Waals surface area contributed by atoms with Crippen molar-refractivity contribution in [2.45, 2.75) is 12.5 Å². The molecule has 0 spiro atoms. The third-order valence-corrected chi connectivity index (χ3v) is 5.96. The molecule has 6 heteroatoms. The predicted octanol–water partition coefficient (Wildman–Crippen LogP) is 4.68. The maximum absolute atomic E-state index is 12.6. The number of thiazole rings is 1. The minimum absolute atomic E-state index is 0.333. The number of nitrogens with zero attached hydrogens (tertiary/aromatic N) is 1. The van der Waals surface area contributed by atoms with Crippen LogP contribution in [-0.2, 0) is 16.0 Å². The summed E-state index contributed by atoms with van der Waals surface area (Å²) in [7, 11) is 0. The first-order valence-electron chi connectivity index (χ1n) is 9.23. The van der Waals surface area contributed by atoms with Gasteiger partial charge in [-0.25, -0.2) is 9.78 Å². The van der Waals surface area contributed by atoms with Gasteiger partial charge in [-0.2, -0.15) is 0 Å². The number of esters is 1. The zero-order valence-electron chi connectivity index (χ0n) is 15.3. The average molecular weight is 400 g/mol. The Kier molecular flexibility index (Phi) is 4.33. The Morgan fingerprint density at radius 2 is 1.76 bits per heavy atom. The number of para-hydroxylation sites is 1. The SMILES string of the molecule is O=C1O[C@H](C(=O)Nc2ccc(-c3nc4ccccc4s3)cc2)Cc2ccccc21. The van der Waals surface area contributed by atoms with Crippen LogP contribution in [0.15, 0.2) is 72.8 Å². The van der Waals surface area contributed by atoms with E-state index in [0.717, 1.165) is 26.4 Å². The van der Waals surface area contributed by atoms with E-state index in [4.69, 9.17) is 4.74 Å². The smallest absolute Gasteiger partial charge is 0.339 e. The second-order valence-electron chi connectivity index (χ2n) is 6.81. The molecule has 1 atom stereocenters. The van der Waals surface area contributed by atoms with Crippen LogP contribution in [0.4, 0.5) is 5.69 Å². The molecule has 5 rings (SSSR count). The summed E-state index contributed by atoms with van der Waals surface area (Å²) in [4.78, 5) is 29.4. The summed E-state index contributed by atoms with van der Waals surface area (Å²) in [5.41, 5.74) is 3.97. The standard InChI is InChI=1S/C23H16N2O3S/c26-21(19-13-15-5-1-2-6-17(15)23(27)28-19)24-16-11-9-14(10-12-16)22-25-18-7-3-4-8-20(18)29-22/h1-12,19H,13H2,(H,24,26)/t19-/m0/s1. The molecule has 1 aromatic heterocycles. The lowest BCUT2D eigenvalue weighted by Crippen LogP contribution is -2.37. The first-order valence-corrected chi connectivity index (χ1v) is 10.0. The number of hydrogen-bond donors (Lipinski definition) is 1. The van der Waals surface area contributed by atoms with E-state index in [2.05, 4.69) is 16.4 Å². The lowest BCUT2D eigenvalue weighted by molar-refractivity contribution is -0.125. The van der Waals surface area contributed by atoms with Crippen molar-refractivity contribution in [1.82, 2.24) is 4.98 Å². The van der Waals surface area contributed by atoms with Crippen LogP contribution in [0.1, 0.15) is 15.9 Å². The molecule has 0 saturated carbocycles. The zero-order chi connectivity index (χ0) is 19.8. The van der Waals surface area contributed by atoms with Gasteiger partial charge in [0.1, 0.15) is 5.01 Å². The Labute approximate surface area is 171 Å². The van der Waals surface area contributed by atoms with Gasteiger partial charge in [0, 0.05) is 17.7 Å². The van der Waals surface area contributed by atoms with E-state index in [1.165, 1.54) is 0 Å². The van der Waals surface area contributed by atoms with Crippen molar-refractivity contribution < 1.29 is 14.3 Å². The molecule has 1 aliphatic rings. The fraction of sp³-hybridized carbons (Fsp3) is 0.0870. The van der Waals surface area contributed by atoms with Crippen molar-refractivity contribution in [2.75, 3.05) is 5.32 Å². The number of aromatic nitrogens is 1. The Morgan fingerprint density at radius 1 is 1.00 bits per heavy atom. The minimum Gasteiger partial charge on any atom is -0.448 e. The lowest BCUT2D eigenvalue weighted by Gasteiger charge is -2.23. The summed E-state index contributed by atoms with van der Waals surface area (Å²) in [6, 6.07) is 22.7. The maximum Gasteiger partial charge on any atom is 0.339 e. The number of benzene rings is 3. The molecule has 0 saturated heterocycles. The van der Waals surface area contributed by atoms with Gasteiger partial charge in [0.05, 0.1) is 15.8 Å². The average Bonchev–Trinajstić information content (AvgIpc) is 3.18.